The third kappa shape index (κ3) is 2.76. The van der Waals surface area contributed by atoms with Crippen LogP contribution in [0.25, 0.3) is 5.57 Å². The SMILES string of the molecule is C/C(=C\N)c1ccc(B2OC(C)(C)C(C)(C)O2)c(C=O)c1. The second-order valence-electron chi connectivity index (χ2n) is 6.40. The second-order valence-corrected chi connectivity index (χ2v) is 6.40. The monoisotopic (exact) mass is 287 g/mol. The van der Waals surface area contributed by atoms with Crippen LogP contribution in [0.15, 0.2) is 24.4 Å². The lowest BCUT2D eigenvalue weighted by molar-refractivity contribution is 0.00578. The topological polar surface area (TPSA) is 61.6 Å². The predicted octanol–water partition coefficient (Wildman–Crippen LogP) is 2.12. The van der Waals surface area contributed by atoms with Gasteiger partial charge in [-0.15, -0.1) is 0 Å². The molecule has 0 spiro atoms. The molecular formula is C16H22BNO3. The van der Waals surface area contributed by atoms with E-state index in [4.69, 9.17) is 15.0 Å². The zero-order chi connectivity index (χ0) is 15.8. The van der Waals surface area contributed by atoms with Crippen molar-refractivity contribution in [3.8, 4) is 0 Å². The lowest BCUT2D eigenvalue weighted by Crippen LogP contribution is -2.41. The van der Waals surface area contributed by atoms with Gasteiger partial charge in [0.2, 0.25) is 0 Å². The number of carbonyl (C=O) groups is 1. The Morgan fingerprint density at radius 2 is 1.76 bits per heavy atom. The maximum Gasteiger partial charge on any atom is 0.495 e. The van der Waals surface area contributed by atoms with E-state index in [0.29, 0.717) is 5.56 Å². The summed E-state index contributed by atoms with van der Waals surface area (Å²) in [5.74, 6) is 0. The van der Waals surface area contributed by atoms with Gasteiger partial charge in [0.05, 0.1) is 11.2 Å². The molecule has 0 amide bonds. The largest absolute Gasteiger partial charge is 0.495 e. The van der Waals surface area contributed by atoms with E-state index in [1.54, 1.807) is 0 Å². The van der Waals surface area contributed by atoms with Crippen molar-refractivity contribution in [2.75, 3.05) is 0 Å². The van der Waals surface area contributed by atoms with Gasteiger partial charge in [-0.2, -0.15) is 0 Å². The number of nitrogens with two attached hydrogens (primary N) is 1. The summed E-state index contributed by atoms with van der Waals surface area (Å²) in [7, 11) is -0.536. The number of carbonyl (C=O) groups excluding carboxylic acids is 1. The van der Waals surface area contributed by atoms with Crippen LogP contribution in [0.3, 0.4) is 0 Å². The maximum absolute atomic E-state index is 11.4. The van der Waals surface area contributed by atoms with Crippen LogP contribution in [0.2, 0.25) is 0 Å². The van der Waals surface area contributed by atoms with Crippen molar-refractivity contribution in [2.45, 2.75) is 45.8 Å². The molecule has 0 radical (unpaired) electrons. The Labute approximate surface area is 126 Å². The van der Waals surface area contributed by atoms with Crippen LogP contribution in [0.1, 0.15) is 50.5 Å². The Balaban J connectivity index is 2.40. The number of aldehydes is 1. The Bertz CT molecular complexity index is 577. The summed E-state index contributed by atoms with van der Waals surface area (Å²) in [5, 5.41) is 0. The van der Waals surface area contributed by atoms with Crippen molar-refractivity contribution in [1.29, 1.82) is 0 Å². The Kier molecular flexibility index (Phi) is 4.00. The van der Waals surface area contributed by atoms with Gasteiger partial charge in [0.25, 0.3) is 0 Å². The van der Waals surface area contributed by atoms with Gasteiger partial charge >= 0.3 is 7.12 Å². The van der Waals surface area contributed by atoms with Crippen LogP contribution in [0, 0.1) is 0 Å². The van der Waals surface area contributed by atoms with Crippen LogP contribution >= 0.6 is 0 Å². The molecule has 0 unspecified atom stereocenters. The fourth-order valence-electron chi connectivity index (χ4n) is 2.20. The summed E-state index contributed by atoms with van der Waals surface area (Å²) in [6.07, 6.45) is 2.35. The van der Waals surface area contributed by atoms with E-state index in [0.717, 1.165) is 22.9 Å². The van der Waals surface area contributed by atoms with Gasteiger partial charge < -0.3 is 15.0 Å². The molecule has 1 heterocycles. The van der Waals surface area contributed by atoms with Crippen molar-refractivity contribution in [2.24, 2.45) is 5.73 Å². The molecule has 1 aliphatic heterocycles. The van der Waals surface area contributed by atoms with E-state index >= 15 is 0 Å². The molecule has 2 rings (SSSR count). The highest BCUT2D eigenvalue weighted by Crippen LogP contribution is 2.36. The second kappa shape index (κ2) is 5.32. The molecular weight excluding hydrogens is 265 g/mol. The highest BCUT2D eigenvalue weighted by molar-refractivity contribution is 6.63. The Morgan fingerprint density at radius 3 is 2.24 bits per heavy atom. The first kappa shape index (κ1) is 15.8. The van der Waals surface area contributed by atoms with Gasteiger partial charge in [0.1, 0.15) is 6.29 Å². The molecule has 112 valence electrons. The molecule has 1 aromatic rings. The molecule has 4 nitrogen and oxygen atoms in total. The molecule has 5 heteroatoms. The summed E-state index contributed by atoms with van der Waals surface area (Å²) >= 11 is 0. The highest BCUT2D eigenvalue weighted by atomic mass is 16.7. The highest BCUT2D eigenvalue weighted by Gasteiger charge is 2.52. The molecule has 1 aromatic carbocycles. The minimum absolute atomic E-state index is 0.427. The van der Waals surface area contributed by atoms with E-state index in [1.165, 1.54) is 6.20 Å². The van der Waals surface area contributed by atoms with Gasteiger partial charge in [-0.05, 0) is 63.5 Å². The minimum Gasteiger partial charge on any atom is -0.404 e. The van der Waals surface area contributed by atoms with Crippen LogP contribution in [0.5, 0.6) is 0 Å². The number of hydrogen-bond acceptors (Lipinski definition) is 4. The van der Waals surface area contributed by atoms with Crippen LogP contribution in [0.4, 0.5) is 0 Å². The summed E-state index contributed by atoms with van der Waals surface area (Å²) < 4.78 is 12.0. The van der Waals surface area contributed by atoms with Crippen molar-refractivity contribution >= 4 is 24.4 Å². The van der Waals surface area contributed by atoms with Gasteiger partial charge in [0, 0.05) is 5.56 Å². The average Bonchev–Trinajstić information content (AvgIpc) is 2.65. The summed E-state index contributed by atoms with van der Waals surface area (Å²) in [4.78, 5) is 11.4. The fourth-order valence-corrected chi connectivity index (χ4v) is 2.20. The van der Waals surface area contributed by atoms with Crippen molar-refractivity contribution in [3.05, 3.63) is 35.5 Å². The van der Waals surface area contributed by atoms with Gasteiger partial charge in [-0.1, -0.05) is 12.1 Å². The molecule has 1 saturated heterocycles. The predicted molar refractivity (Wildman–Crippen MR) is 85.4 cm³/mol. The number of hydrogen-bond donors (Lipinski definition) is 1. The lowest BCUT2D eigenvalue weighted by Gasteiger charge is -2.32. The average molecular weight is 287 g/mol. The maximum atomic E-state index is 11.4. The zero-order valence-electron chi connectivity index (χ0n) is 13.3. The number of allylic oxidation sites excluding steroid dienone is 1. The third-order valence-corrected chi connectivity index (χ3v) is 4.43. The molecule has 21 heavy (non-hydrogen) atoms. The number of rotatable bonds is 3. The Morgan fingerprint density at radius 1 is 1.19 bits per heavy atom. The third-order valence-electron chi connectivity index (χ3n) is 4.43. The quantitative estimate of drug-likeness (QED) is 0.683. The van der Waals surface area contributed by atoms with Crippen LogP contribution in [-0.2, 0) is 9.31 Å². The normalized spacial score (nSPS) is 20.6. The molecule has 0 saturated carbocycles. The van der Waals surface area contributed by atoms with Gasteiger partial charge in [-0.3, -0.25) is 4.79 Å². The van der Waals surface area contributed by atoms with Crippen LogP contribution < -0.4 is 11.2 Å². The smallest absolute Gasteiger partial charge is 0.404 e. The lowest BCUT2D eigenvalue weighted by atomic mass is 9.75. The summed E-state index contributed by atoms with van der Waals surface area (Å²) in [5.41, 5.74) is 7.81. The first-order valence-corrected chi connectivity index (χ1v) is 7.05. The molecule has 0 bridgehead atoms. The van der Waals surface area contributed by atoms with Gasteiger partial charge in [0.15, 0.2) is 0 Å². The van der Waals surface area contributed by atoms with E-state index in [2.05, 4.69) is 0 Å². The zero-order valence-corrected chi connectivity index (χ0v) is 13.3. The molecule has 1 fully saturated rings. The van der Waals surface area contributed by atoms with E-state index in [9.17, 15) is 4.79 Å². The first-order chi connectivity index (χ1) is 9.71. The van der Waals surface area contributed by atoms with Crippen molar-refractivity contribution < 1.29 is 14.1 Å². The Hall–Kier alpha value is -1.59. The van der Waals surface area contributed by atoms with Crippen molar-refractivity contribution in [3.63, 3.8) is 0 Å². The summed E-state index contributed by atoms with van der Waals surface area (Å²) in [6.45, 7) is 9.86. The minimum atomic E-state index is -0.536. The van der Waals surface area contributed by atoms with E-state index in [-0.39, 0.29) is 0 Å². The summed E-state index contributed by atoms with van der Waals surface area (Å²) in [6, 6.07) is 5.60. The molecule has 1 aliphatic rings. The molecule has 0 aromatic heterocycles. The number of benzene rings is 1. The molecule has 0 aliphatic carbocycles. The standard InChI is InChI=1S/C16H22BNO3/c1-11(9-18)12-6-7-14(13(8-12)10-19)17-20-15(2,3)16(4,5)21-17/h6-10H,18H2,1-5H3/b11-9+. The first-order valence-electron chi connectivity index (χ1n) is 7.05. The van der Waals surface area contributed by atoms with E-state index < -0.39 is 18.3 Å². The van der Waals surface area contributed by atoms with E-state index in [1.807, 2.05) is 52.8 Å². The van der Waals surface area contributed by atoms with Gasteiger partial charge in [-0.25, -0.2) is 0 Å². The molecule has 2 N–H and O–H groups in total. The fraction of sp³-hybridized carbons (Fsp3) is 0.438. The van der Waals surface area contributed by atoms with Crippen LogP contribution in [-0.4, -0.2) is 24.6 Å². The molecule has 0 atom stereocenters. The van der Waals surface area contributed by atoms with Crippen molar-refractivity contribution in [1.82, 2.24) is 0 Å².